The van der Waals surface area contributed by atoms with E-state index < -0.39 is 11.6 Å². The number of methoxy groups -OCH3 is 1. The van der Waals surface area contributed by atoms with Crippen LogP contribution in [0.1, 0.15) is 31.7 Å². The fraction of sp³-hybridized carbons (Fsp3) is 0.500. The first-order valence-electron chi connectivity index (χ1n) is 8.58. The molecule has 0 radical (unpaired) electrons. The number of benzene rings is 1. The number of ether oxygens (including phenoxy) is 1. The van der Waals surface area contributed by atoms with Gasteiger partial charge in [0.05, 0.1) is 7.11 Å². The molecule has 25 heavy (non-hydrogen) atoms. The van der Waals surface area contributed by atoms with E-state index >= 15 is 0 Å². The Bertz CT molecular complexity index is 682. The molecule has 7 nitrogen and oxygen atoms in total. The van der Waals surface area contributed by atoms with Gasteiger partial charge in [0.25, 0.3) is 5.91 Å². The van der Waals surface area contributed by atoms with Crippen molar-refractivity contribution in [3.05, 3.63) is 29.8 Å². The Kier molecular flexibility index (Phi) is 4.65. The fourth-order valence-electron chi connectivity index (χ4n) is 3.49. The van der Waals surface area contributed by atoms with Crippen molar-refractivity contribution in [2.24, 2.45) is 0 Å². The number of carbonyl (C=O) groups excluding carboxylic acids is 3. The second-order valence-corrected chi connectivity index (χ2v) is 6.40. The van der Waals surface area contributed by atoms with Crippen LogP contribution in [0.4, 0.5) is 4.79 Å². The van der Waals surface area contributed by atoms with Gasteiger partial charge in [-0.05, 0) is 37.0 Å². The van der Waals surface area contributed by atoms with Gasteiger partial charge >= 0.3 is 6.03 Å². The predicted octanol–water partition coefficient (Wildman–Crippen LogP) is 1.47. The van der Waals surface area contributed by atoms with Gasteiger partial charge in [-0.15, -0.1) is 0 Å². The van der Waals surface area contributed by atoms with E-state index in [9.17, 15) is 14.4 Å². The topological polar surface area (TPSA) is 79.0 Å². The molecule has 0 aliphatic carbocycles. The maximum atomic E-state index is 13.0. The molecule has 2 fully saturated rings. The Labute approximate surface area is 146 Å². The maximum absolute atomic E-state index is 13.0. The number of hydrogen-bond donors (Lipinski definition) is 1. The molecule has 1 aromatic rings. The van der Waals surface area contributed by atoms with Crippen molar-refractivity contribution in [1.82, 2.24) is 15.1 Å². The summed E-state index contributed by atoms with van der Waals surface area (Å²) in [5.41, 5.74) is -0.445. The molecule has 2 saturated heterocycles. The monoisotopic (exact) mass is 345 g/mol. The molecule has 3 rings (SSSR count). The Morgan fingerprint density at radius 3 is 2.40 bits per heavy atom. The van der Waals surface area contributed by atoms with E-state index in [4.69, 9.17) is 4.74 Å². The summed E-state index contributed by atoms with van der Waals surface area (Å²) in [7, 11) is 1.57. The second-order valence-electron chi connectivity index (χ2n) is 6.40. The van der Waals surface area contributed by atoms with Gasteiger partial charge in [-0.25, -0.2) is 4.79 Å². The van der Waals surface area contributed by atoms with Crippen LogP contribution in [0, 0.1) is 0 Å². The molecule has 2 aliphatic heterocycles. The fourth-order valence-corrected chi connectivity index (χ4v) is 3.49. The molecule has 2 heterocycles. The summed E-state index contributed by atoms with van der Waals surface area (Å²) in [6.07, 6.45) is 2.34. The third-order valence-corrected chi connectivity index (χ3v) is 5.04. The highest BCUT2D eigenvalue weighted by atomic mass is 16.5. The molecule has 7 heteroatoms. The normalized spacial score (nSPS) is 23.1. The van der Waals surface area contributed by atoms with Crippen molar-refractivity contribution in [1.29, 1.82) is 0 Å². The first kappa shape index (κ1) is 17.3. The van der Waals surface area contributed by atoms with E-state index in [2.05, 4.69) is 5.32 Å². The third-order valence-electron chi connectivity index (χ3n) is 5.04. The zero-order valence-corrected chi connectivity index (χ0v) is 14.6. The smallest absolute Gasteiger partial charge is 0.325 e. The lowest BCUT2D eigenvalue weighted by Crippen LogP contribution is -2.45. The van der Waals surface area contributed by atoms with Crippen molar-refractivity contribution in [3.63, 3.8) is 0 Å². The number of nitrogens with zero attached hydrogens (tertiary/aromatic N) is 2. The molecule has 0 spiro atoms. The van der Waals surface area contributed by atoms with Gasteiger partial charge in [0.1, 0.15) is 17.8 Å². The number of urea groups is 1. The minimum Gasteiger partial charge on any atom is -0.497 e. The SMILES string of the molecule is CC[C@@]1(c2ccc(OC)cc2)NC(=O)N(CC(=O)N2CCCC2)C1=O. The molecule has 0 unspecified atom stereocenters. The lowest BCUT2D eigenvalue weighted by Gasteiger charge is -2.26. The summed E-state index contributed by atoms with van der Waals surface area (Å²) in [5, 5.41) is 2.79. The van der Waals surface area contributed by atoms with Gasteiger partial charge in [-0.3, -0.25) is 14.5 Å². The number of likely N-dealkylation sites (tertiary alicyclic amines) is 1. The second kappa shape index (κ2) is 6.74. The molecular formula is C18H23N3O4. The van der Waals surface area contributed by atoms with Crippen LogP contribution in [-0.2, 0) is 15.1 Å². The van der Waals surface area contributed by atoms with E-state index in [1.807, 2.05) is 6.92 Å². The van der Waals surface area contributed by atoms with Crippen LogP contribution >= 0.6 is 0 Å². The summed E-state index contributed by atoms with van der Waals surface area (Å²) < 4.78 is 5.14. The Hall–Kier alpha value is -2.57. The van der Waals surface area contributed by atoms with Crippen LogP contribution in [-0.4, -0.2) is 54.4 Å². The molecule has 2 aliphatic rings. The number of carbonyl (C=O) groups is 3. The average Bonchev–Trinajstić information content (AvgIpc) is 3.25. The van der Waals surface area contributed by atoms with Crippen molar-refractivity contribution < 1.29 is 19.1 Å². The van der Waals surface area contributed by atoms with Crippen LogP contribution in [0.3, 0.4) is 0 Å². The Morgan fingerprint density at radius 2 is 1.84 bits per heavy atom. The number of nitrogens with one attached hydrogen (secondary N) is 1. The number of amides is 4. The number of hydrogen-bond acceptors (Lipinski definition) is 4. The highest BCUT2D eigenvalue weighted by Gasteiger charge is 2.51. The van der Waals surface area contributed by atoms with Gasteiger partial charge in [-0.2, -0.15) is 0 Å². The Morgan fingerprint density at radius 1 is 1.20 bits per heavy atom. The highest BCUT2D eigenvalue weighted by molar-refractivity contribution is 6.09. The van der Waals surface area contributed by atoms with E-state index in [1.165, 1.54) is 0 Å². The molecule has 0 saturated carbocycles. The molecule has 134 valence electrons. The minimum atomic E-state index is -1.13. The standard InChI is InChI=1S/C18H23N3O4/c1-3-18(13-6-8-14(25-2)9-7-13)16(23)21(17(24)19-18)12-15(22)20-10-4-5-11-20/h6-9H,3-5,10-12H2,1-2H3,(H,19,24)/t18-/m0/s1. The van der Waals surface area contributed by atoms with Crippen LogP contribution in [0.5, 0.6) is 5.75 Å². The molecule has 1 N–H and O–H groups in total. The molecule has 0 aromatic heterocycles. The zero-order chi connectivity index (χ0) is 18.0. The van der Waals surface area contributed by atoms with Crippen molar-refractivity contribution in [3.8, 4) is 5.75 Å². The van der Waals surface area contributed by atoms with Crippen LogP contribution in [0.2, 0.25) is 0 Å². The largest absolute Gasteiger partial charge is 0.497 e. The van der Waals surface area contributed by atoms with E-state index in [0.29, 0.717) is 30.8 Å². The predicted molar refractivity (Wildman–Crippen MR) is 91.0 cm³/mol. The van der Waals surface area contributed by atoms with Crippen LogP contribution in [0.25, 0.3) is 0 Å². The molecule has 0 bridgehead atoms. The zero-order valence-electron chi connectivity index (χ0n) is 14.6. The summed E-state index contributed by atoms with van der Waals surface area (Å²) in [5.74, 6) is 0.119. The van der Waals surface area contributed by atoms with Crippen LogP contribution < -0.4 is 10.1 Å². The van der Waals surface area contributed by atoms with Crippen LogP contribution in [0.15, 0.2) is 24.3 Å². The van der Waals surface area contributed by atoms with Crippen molar-refractivity contribution >= 4 is 17.8 Å². The molecule has 1 atom stereocenters. The van der Waals surface area contributed by atoms with Gasteiger partial charge in [-0.1, -0.05) is 19.1 Å². The third kappa shape index (κ3) is 2.94. The molecule has 1 aromatic carbocycles. The molecular weight excluding hydrogens is 322 g/mol. The lowest BCUT2D eigenvalue weighted by molar-refractivity contribution is -0.138. The molecule has 4 amide bonds. The minimum absolute atomic E-state index is 0.178. The summed E-state index contributed by atoms with van der Waals surface area (Å²) in [6, 6.07) is 6.53. The average molecular weight is 345 g/mol. The first-order valence-corrected chi connectivity index (χ1v) is 8.58. The van der Waals surface area contributed by atoms with Gasteiger partial charge in [0.15, 0.2) is 0 Å². The van der Waals surface area contributed by atoms with E-state index in [-0.39, 0.29) is 18.4 Å². The maximum Gasteiger partial charge on any atom is 0.325 e. The number of rotatable bonds is 5. The van der Waals surface area contributed by atoms with Crippen molar-refractivity contribution in [2.45, 2.75) is 31.7 Å². The van der Waals surface area contributed by atoms with E-state index in [0.717, 1.165) is 17.7 Å². The van der Waals surface area contributed by atoms with Gasteiger partial charge < -0.3 is 15.0 Å². The summed E-state index contributed by atoms with van der Waals surface area (Å²) in [6.45, 7) is 3.02. The summed E-state index contributed by atoms with van der Waals surface area (Å²) in [4.78, 5) is 40.5. The first-order chi connectivity index (χ1) is 12.0. The van der Waals surface area contributed by atoms with Gasteiger partial charge in [0.2, 0.25) is 5.91 Å². The quantitative estimate of drug-likeness (QED) is 0.820. The number of imide groups is 1. The van der Waals surface area contributed by atoms with Crippen molar-refractivity contribution in [2.75, 3.05) is 26.7 Å². The highest BCUT2D eigenvalue weighted by Crippen LogP contribution is 2.33. The Balaban J connectivity index is 1.82. The lowest BCUT2D eigenvalue weighted by atomic mass is 9.87. The van der Waals surface area contributed by atoms with E-state index in [1.54, 1.807) is 36.3 Å². The van der Waals surface area contributed by atoms with Gasteiger partial charge in [0, 0.05) is 13.1 Å². The summed E-state index contributed by atoms with van der Waals surface area (Å²) >= 11 is 0.